The smallest absolute Gasteiger partial charge is 0.251 e. The molecule has 25 heavy (non-hydrogen) atoms. The van der Waals surface area contributed by atoms with Crippen LogP contribution in [0.1, 0.15) is 36.0 Å². The van der Waals surface area contributed by atoms with Crippen LogP contribution in [0, 0.1) is 5.41 Å². The Kier molecular flexibility index (Phi) is 5.71. The topological polar surface area (TPSA) is 84.7 Å². The molecule has 0 unspecified atom stereocenters. The van der Waals surface area contributed by atoms with Crippen LogP contribution in [-0.2, 0) is 9.53 Å². The molecule has 0 atom stereocenters. The zero-order chi connectivity index (χ0) is 17.7. The lowest BCUT2D eigenvalue weighted by molar-refractivity contribution is -0.148. The Balaban J connectivity index is 1.53. The first-order valence-electron chi connectivity index (χ1n) is 9.08. The van der Waals surface area contributed by atoms with Gasteiger partial charge in [-0.1, -0.05) is 18.2 Å². The third-order valence-electron chi connectivity index (χ3n) is 5.45. The zero-order valence-corrected chi connectivity index (χ0v) is 14.6. The maximum absolute atomic E-state index is 13.0. The molecule has 6 nitrogen and oxygen atoms in total. The molecular formula is C19H27N3O3. The molecule has 6 heteroatoms. The number of nitrogens with zero attached hydrogens (tertiary/aromatic N) is 1. The Hall–Kier alpha value is -1.92. The fourth-order valence-corrected chi connectivity index (χ4v) is 3.69. The average Bonchev–Trinajstić information content (AvgIpc) is 2.69. The van der Waals surface area contributed by atoms with Gasteiger partial charge in [-0.25, -0.2) is 0 Å². The molecule has 2 aliphatic rings. The number of amides is 2. The summed E-state index contributed by atoms with van der Waals surface area (Å²) in [5, 5.41) is 3.08. The van der Waals surface area contributed by atoms with Crippen molar-refractivity contribution in [2.24, 2.45) is 11.1 Å². The van der Waals surface area contributed by atoms with Crippen LogP contribution in [0.25, 0.3) is 0 Å². The predicted molar refractivity (Wildman–Crippen MR) is 95.1 cm³/mol. The molecule has 0 radical (unpaired) electrons. The van der Waals surface area contributed by atoms with Crippen molar-refractivity contribution < 1.29 is 14.3 Å². The number of nitrogens with two attached hydrogens (primary N) is 1. The summed E-state index contributed by atoms with van der Waals surface area (Å²) < 4.78 is 5.39. The molecule has 0 spiro atoms. The predicted octanol–water partition coefficient (Wildman–Crippen LogP) is 1.16. The van der Waals surface area contributed by atoms with Gasteiger partial charge in [-0.15, -0.1) is 0 Å². The second kappa shape index (κ2) is 7.97. The van der Waals surface area contributed by atoms with E-state index in [-0.39, 0.29) is 17.9 Å². The van der Waals surface area contributed by atoms with Crippen molar-refractivity contribution in [3.8, 4) is 0 Å². The Labute approximate surface area is 148 Å². The van der Waals surface area contributed by atoms with E-state index in [0.29, 0.717) is 51.3 Å². The van der Waals surface area contributed by atoms with Gasteiger partial charge in [-0.2, -0.15) is 0 Å². The molecule has 0 aliphatic carbocycles. The zero-order valence-electron chi connectivity index (χ0n) is 14.6. The molecule has 136 valence electrons. The van der Waals surface area contributed by atoms with Gasteiger partial charge in [-0.3, -0.25) is 9.59 Å². The monoisotopic (exact) mass is 345 g/mol. The maximum atomic E-state index is 13.0. The standard InChI is InChI=1S/C19H27N3O3/c20-14-19(8-12-25-13-9-19)18(24)22-10-6-16(7-11-22)21-17(23)15-4-2-1-3-5-15/h1-5,16H,6-14,20H2,(H,21,23). The quantitative estimate of drug-likeness (QED) is 0.858. The third-order valence-corrected chi connectivity index (χ3v) is 5.45. The van der Waals surface area contributed by atoms with Crippen molar-refractivity contribution in [1.29, 1.82) is 0 Å². The van der Waals surface area contributed by atoms with Crippen LogP contribution >= 0.6 is 0 Å². The van der Waals surface area contributed by atoms with E-state index < -0.39 is 5.41 Å². The number of carbonyl (C=O) groups is 2. The van der Waals surface area contributed by atoms with Crippen molar-refractivity contribution in [2.75, 3.05) is 32.8 Å². The summed E-state index contributed by atoms with van der Waals surface area (Å²) in [6.07, 6.45) is 2.96. The van der Waals surface area contributed by atoms with Crippen molar-refractivity contribution in [3.05, 3.63) is 35.9 Å². The molecule has 3 N–H and O–H groups in total. The van der Waals surface area contributed by atoms with E-state index in [0.717, 1.165) is 12.8 Å². The van der Waals surface area contributed by atoms with Crippen LogP contribution in [0.5, 0.6) is 0 Å². The molecule has 1 aromatic rings. The summed E-state index contributed by atoms with van der Waals surface area (Å²) in [7, 11) is 0. The SMILES string of the molecule is NCC1(C(=O)N2CCC(NC(=O)c3ccccc3)CC2)CCOCC1. The average molecular weight is 345 g/mol. The van der Waals surface area contributed by atoms with E-state index in [1.54, 1.807) is 0 Å². The number of ether oxygens (including phenoxy) is 1. The van der Waals surface area contributed by atoms with Crippen LogP contribution < -0.4 is 11.1 Å². The first-order chi connectivity index (χ1) is 12.1. The number of piperidine rings is 1. The number of benzene rings is 1. The Bertz CT molecular complexity index is 591. The first kappa shape index (κ1) is 17.9. The highest BCUT2D eigenvalue weighted by atomic mass is 16.5. The van der Waals surface area contributed by atoms with Gasteiger partial charge in [0.15, 0.2) is 0 Å². The summed E-state index contributed by atoms with van der Waals surface area (Å²) in [4.78, 5) is 27.1. The first-order valence-corrected chi connectivity index (χ1v) is 9.08. The molecule has 2 amide bonds. The number of hydrogen-bond donors (Lipinski definition) is 2. The van der Waals surface area contributed by atoms with Crippen molar-refractivity contribution >= 4 is 11.8 Å². The maximum Gasteiger partial charge on any atom is 0.251 e. The van der Waals surface area contributed by atoms with Gasteiger partial charge < -0.3 is 20.7 Å². The van der Waals surface area contributed by atoms with E-state index in [9.17, 15) is 9.59 Å². The highest BCUT2D eigenvalue weighted by Gasteiger charge is 2.42. The minimum atomic E-state index is -0.460. The molecule has 0 saturated carbocycles. The van der Waals surface area contributed by atoms with Gasteiger partial charge in [0.05, 0.1) is 5.41 Å². The highest BCUT2D eigenvalue weighted by Crippen LogP contribution is 2.32. The fourth-order valence-electron chi connectivity index (χ4n) is 3.69. The summed E-state index contributed by atoms with van der Waals surface area (Å²) in [6, 6.07) is 9.34. The van der Waals surface area contributed by atoms with Crippen molar-refractivity contribution in [1.82, 2.24) is 10.2 Å². The van der Waals surface area contributed by atoms with Crippen LogP contribution in [0.15, 0.2) is 30.3 Å². The second-order valence-electron chi connectivity index (χ2n) is 7.00. The third kappa shape index (κ3) is 4.02. The van der Waals surface area contributed by atoms with Crippen LogP contribution in [0.2, 0.25) is 0 Å². The summed E-state index contributed by atoms with van der Waals surface area (Å²) in [6.45, 7) is 2.92. The largest absolute Gasteiger partial charge is 0.381 e. The molecule has 0 aromatic heterocycles. The number of nitrogens with one attached hydrogen (secondary N) is 1. The molecular weight excluding hydrogens is 318 g/mol. The molecule has 2 aliphatic heterocycles. The number of likely N-dealkylation sites (tertiary alicyclic amines) is 1. The number of rotatable bonds is 4. The van der Waals surface area contributed by atoms with Gasteiger partial charge in [-0.05, 0) is 37.8 Å². The van der Waals surface area contributed by atoms with E-state index in [1.165, 1.54) is 0 Å². The van der Waals surface area contributed by atoms with Gasteiger partial charge in [0.2, 0.25) is 5.91 Å². The minimum Gasteiger partial charge on any atom is -0.381 e. The molecule has 3 rings (SSSR count). The number of carbonyl (C=O) groups excluding carboxylic acids is 2. The lowest BCUT2D eigenvalue weighted by atomic mass is 9.78. The van der Waals surface area contributed by atoms with Crippen LogP contribution in [0.4, 0.5) is 0 Å². The van der Waals surface area contributed by atoms with Gasteiger partial charge in [0, 0.05) is 44.5 Å². The molecule has 1 aromatic carbocycles. The minimum absolute atomic E-state index is 0.0479. The Morgan fingerprint density at radius 2 is 1.80 bits per heavy atom. The normalized spacial score (nSPS) is 20.9. The van der Waals surface area contributed by atoms with Crippen LogP contribution in [0.3, 0.4) is 0 Å². The van der Waals surface area contributed by atoms with E-state index in [4.69, 9.17) is 10.5 Å². The summed E-state index contributed by atoms with van der Waals surface area (Å²) in [5.41, 5.74) is 6.15. The molecule has 0 bridgehead atoms. The Morgan fingerprint density at radius 1 is 1.16 bits per heavy atom. The lowest BCUT2D eigenvalue weighted by Crippen LogP contribution is -2.54. The van der Waals surface area contributed by atoms with Gasteiger partial charge in [0.1, 0.15) is 0 Å². The van der Waals surface area contributed by atoms with Crippen molar-refractivity contribution in [3.63, 3.8) is 0 Å². The lowest BCUT2D eigenvalue weighted by Gasteiger charge is -2.41. The fraction of sp³-hybridized carbons (Fsp3) is 0.579. The van der Waals surface area contributed by atoms with E-state index >= 15 is 0 Å². The Morgan fingerprint density at radius 3 is 2.40 bits per heavy atom. The summed E-state index contributed by atoms with van der Waals surface area (Å²) in [5.74, 6) is 0.111. The highest BCUT2D eigenvalue weighted by molar-refractivity contribution is 5.94. The van der Waals surface area contributed by atoms with Crippen molar-refractivity contribution in [2.45, 2.75) is 31.7 Å². The molecule has 2 saturated heterocycles. The van der Waals surface area contributed by atoms with E-state index in [2.05, 4.69) is 5.32 Å². The van der Waals surface area contributed by atoms with Gasteiger partial charge in [0.25, 0.3) is 5.91 Å². The summed E-state index contributed by atoms with van der Waals surface area (Å²) >= 11 is 0. The van der Waals surface area contributed by atoms with E-state index in [1.807, 2.05) is 35.2 Å². The van der Waals surface area contributed by atoms with Gasteiger partial charge >= 0.3 is 0 Å². The second-order valence-corrected chi connectivity index (χ2v) is 7.00. The molecule has 2 fully saturated rings. The number of hydrogen-bond acceptors (Lipinski definition) is 4. The van der Waals surface area contributed by atoms with Crippen LogP contribution in [-0.4, -0.2) is 55.6 Å². The molecule has 2 heterocycles.